The lowest BCUT2D eigenvalue weighted by molar-refractivity contribution is 0.371. The molecular formula is C18H20N4O3. The van der Waals surface area contributed by atoms with Crippen molar-refractivity contribution < 1.29 is 14.4 Å². The van der Waals surface area contributed by atoms with Gasteiger partial charge in [0.05, 0.1) is 7.11 Å². The summed E-state index contributed by atoms with van der Waals surface area (Å²) in [6.07, 6.45) is 1.67. The monoisotopic (exact) mass is 340 g/mol. The van der Waals surface area contributed by atoms with Crippen LogP contribution in [0.5, 0.6) is 11.5 Å². The molecule has 130 valence electrons. The highest BCUT2D eigenvalue weighted by molar-refractivity contribution is 5.58. The van der Waals surface area contributed by atoms with Crippen molar-refractivity contribution in [1.29, 1.82) is 0 Å². The average molecular weight is 340 g/mol. The fourth-order valence-electron chi connectivity index (χ4n) is 2.31. The third kappa shape index (κ3) is 3.71. The van der Waals surface area contributed by atoms with Gasteiger partial charge in [-0.05, 0) is 18.2 Å². The molecule has 0 aliphatic carbocycles. The first-order chi connectivity index (χ1) is 12.1. The van der Waals surface area contributed by atoms with Gasteiger partial charge in [0.2, 0.25) is 0 Å². The number of ether oxygens (including phenoxy) is 1. The van der Waals surface area contributed by atoms with Crippen LogP contribution >= 0.6 is 0 Å². The topological polar surface area (TPSA) is 93.3 Å². The van der Waals surface area contributed by atoms with Gasteiger partial charge in [0.1, 0.15) is 5.82 Å². The van der Waals surface area contributed by atoms with E-state index >= 15 is 0 Å². The number of nitrogens with one attached hydrogen (secondary N) is 1. The average Bonchev–Trinajstić information content (AvgIpc) is 3.12. The van der Waals surface area contributed by atoms with E-state index in [0.717, 1.165) is 5.56 Å². The van der Waals surface area contributed by atoms with E-state index in [1.54, 1.807) is 12.3 Å². The number of aromatic hydroxyl groups is 1. The highest BCUT2D eigenvalue weighted by atomic mass is 16.5. The molecule has 2 heterocycles. The highest BCUT2D eigenvalue weighted by Gasteiger charge is 2.12. The van der Waals surface area contributed by atoms with Crippen molar-refractivity contribution in [3.8, 4) is 23.0 Å². The first-order valence-electron chi connectivity index (χ1n) is 7.97. The Balaban J connectivity index is 1.76. The summed E-state index contributed by atoms with van der Waals surface area (Å²) in [6.45, 7) is 4.42. The van der Waals surface area contributed by atoms with Gasteiger partial charge in [-0.3, -0.25) is 0 Å². The zero-order chi connectivity index (χ0) is 17.8. The number of nitrogens with zero attached hydrogens (tertiary/aromatic N) is 3. The number of aromatic nitrogens is 3. The summed E-state index contributed by atoms with van der Waals surface area (Å²) in [5.74, 6) is 2.53. The molecule has 0 saturated heterocycles. The SMILES string of the molecule is COc1cccc(CNc2cc(-c3nc(C(C)C)no3)ccn2)c1O. The van der Waals surface area contributed by atoms with Crippen molar-refractivity contribution in [2.24, 2.45) is 0 Å². The number of phenolic OH excluding ortho intramolecular Hbond substituents is 1. The van der Waals surface area contributed by atoms with E-state index in [1.807, 2.05) is 38.1 Å². The Kier molecular flexibility index (Phi) is 4.83. The highest BCUT2D eigenvalue weighted by Crippen LogP contribution is 2.30. The molecule has 0 unspecified atom stereocenters. The van der Waals surface area contributed by atoms with Crippen LogP contribution < -0.4 is 10.1 Å². The number of methoxy groups -OCH3 is 1. The van der Waals surface area contributed by atoms with Crippen LogP contribution in [0, 0.1) is 0 Å². The molecule has 0 aliphatic rings. The zero-order valence-corrected chi connectivity index (χ0v) is 14.4. The molecular weight excluding hydrogens is 320 g/mol. The Labute approximate surface area is 145 Å². The van der Waals surface area contributed by atoms with Crippen molar-refractivity contribution in [3.05, 3.63) is 47.9 Å². The van der Waals surface area contributed by atoms with Crippen molar-refractivity contribution in [3.63, 3.8) is 0 Å². The van der Waals surface area contributed by atoms with Crippen molar-refractivity contribution in [2.45, 2.75) is 26.3 Å². The maximum atomic E-state index is 10.1. The van der Waals surface area contributed by atoms with Crippen LogP contribution in [0.4, 0.5) is 5.82 Å². The summed E-state index contributed by atoms with van der Waals surface area (Å²) in [5, 5.41) is 17.3. The van der Waals surface area contributed by atoms with Gasteiger partial charge in [-0.25, -0.2) is 4.98 Å². The van der Waals surface area contributed by atoms with Crippen molar-refractivity contribution in [1.82, 2.24) is 15.1 Å². The van der Waals surface area contributed by atoms with Crippen LogP contribution in [0.3, 0.4) is 0 Å². The molecule has 0 amide bonds. The molecule has 0 spiro atoms. The molecule has 7 heteroatoms. The molecule has 0 bridgehead atoms. The first-order valence-corrected chi connectivity index (χ1v) is 7.97. The van der Waals surface area contributed by atoms with Crippen LogP contribution in [0.2, 0.25) is 0 Å². The van der Waals surface area contributed by atoms with E-state index in [0.29, 0.717) is 35.4 Å². The second kappa shape index (κ2) is 7.21. The summed E-state index contributed by atoms with van der Waals surface area (Å²) >= 11 is 0. The molecule has 0 fully saturated rings. The molecule has 0 atom stereocenters. The van der Waals surface area contributed by atoms with Gasteiger partial charge in [-0.1, -0.05) is 31.1 Å². The molecule has 25 heavy (non-hydrogen) atoms. The predicted molar refractivity (Wildman–Crippen MR) is 93.6 cm³/mol. The maximum absolute atomic E-state index is 10.1. The summed E-state index contributed by atoms with van der Waals surface area (Å²) < 4.78 is 10.4. The van der Waals surface area contributed by atoms with Crippen molar-refractivity contribution >= 4 is 5.82 Å². The maximum Gasteiger partial charge on any atom is 0.258 e. The summed E-state index contributed by atoms with van der Waals surface area (Å²) in [7, 11) is 1.52. The normalized spacial score (nSPS) is 10.9. The van der Waals surface area contributed by atoms with Crippen LogP contribution in [0.15, 0.2) is 41.1 Å². The van der Waals surface area contributed by atoms with Gasteiger partial charge in [0.15, 0.2) is 17.3 Å². The Hall–Kier alpha value is -3.09. The number of anilines is 1. The minimum Gasteiger partial charge on any atom is -0.504 e. The van der Waals surface area contributed by atoms with E-state index in [-0.39, 0.29) is 11.7 Å². The van der Waals surface area contributed by atoms with Gasteiger partial charge in [0.25, 0.3) is 5.89 Å². The molecule has 2 aromatic heterocycles. The van der Waals surface area contributed by atoms with E-state index in [9.17, 15) is 5.11 Å². The minimum absolute atomic E-state index is 0.118. The number of phenols is 1. The second-order valence-corrected chi connectivity index (χ2v) is 5.86. The third-order valence-corrected chi connectivity index (χ3v) is 3.73. The van der Waals surface area contributed by atoms with Gasteiger partial charge >= 0.3 is 0 Å². The fraction of sp³-hybridized carbons (Fsp3) is 0.278. The number of hydrogen-bond donors (Lipinski definition) is 2. The molecule has 7 nitrogen and oxygen atoms in total. The standard InChI is InChI=1S/C18H20N4O3/c1-11(2)17-21-18(25-22-17)12-7-8-19-15(9-12)20-10-13-5-4-6-14(24-3)16(13)23/h4-9,11,23H,10H2,1-3H3,(H,19,20). The molecule has 3 rings (SSSR count). The largest absolute Gasteiger partial charge is 0.504 e. The number of hydrogen-bond acceptors (Lipinski definition) is 7. The zero-order valence-electron chi connectivity index (χ0n) is 14.4. The van der Waals surface area contributed by atoms with E-state index in [4.69, 9.17) is 9.26 Å². The number of para-hydroxylation sites is 1. The Morgan fingerprint density at radius 1 is 1.28 bits per heavy atom. The third-order valence-electron chi connectivity index (χ3n) is 3.73. The van der Waals surface area contributed by atoms with E-state index in [2.05, 4.69) is 20.4 Å². The van der Waals surface area contributed by atoms with Crippen LogP contribution in [-0.4, -0.2) is 27.3 Å². The van der Waals surface area contributed by atoms with Gasteiger partial charge in [-0.15, -0.1) is 0 Å². The Bertz CT molecular complexity index is 861. The van der Waals surface area contributed by atoms with Gasteiger partial charge < -0.3 is 19.7 Å². The minimum atomic E-state index is 0.118. The lowest BCUT2D eigenvalue weighted by Crippen LogP contribution is -2.02. The Morgan fingerprint density at radius 3 is 2.84 bits per heavy atom. The van der Waals surface area contributed by atoms with Gasteiger partial charge in [-0.2, -0.15) is 4.98 Å². The second-order valence-electron chi connectivity index (χ2n) is 5.86. The lowest BCUT2D eigenvalue weighted by Gasteiger charge is -2.10. The number of rotatable bonds is 6. The quantitative estimate of drug-likeness (QED) is 0.708. The molecule has 3 aromatic rings. The van der Waals surface area contributed by atoms with Gasteiger partial charge in [0, 0.05) is 29.8 Å². The molecule has 0 saturated carbocycles. The first kappa shape index (κ1) is 16.8. The predicted octanol–water partition coefficient (Wildman–Crippen LogP) is 3.58. The summed E-state index contributed by atoms with van der Waals surface area (Å²) in [5.41, 5.74) is 1.50. The van der Waals surface area contributed by atoms with Crippen LogP contribution in [-0.2, 0) is 6.54 Å². The molecule has 2 N–H and O–H groups in total. The van der Waals surface area contributed by atoms with E-state index < -0.39 is 0 Å². The Morgan fingerprint density at radius 2 is 2.12 bits per heavy atom. The molecule has 0 aliphatic heterocycles. The fourth-order valence-corrected chi connectivity index (χ4v) is 2.31. The lowest BCUT2D eigenvalue weighted by atomic mass is 10.2. The summed E-state index contributed by atoms with van der Waals surface area (Å²) in [4.78, 5) is 8.67. The van der Waals surface area contributed by atoms with Crippen LogP contribution in [0.1, 0.15) is 31.2 Å². The van der Waals surface area contributed by atoms with Crippen molar-refractivity contribution in [2.75, 3.05) is 12.4 Å². The summed E-state index contributed by atoms with van der Waals surface area (Å²) in [6, 6.07) is 8.99. The molecule has 1 aromatic carbocycles. The number of benzene rings is 1. The van der Waals surface area contributed by atoms with Crippen LogP contribution in [0.25, 0.3) is 11.5 Å². The van der Waals surface area contributed by atoms with E-state index in [1.165, 1.54) is 7.11 Å². The number of pyridine rings is 1. The smallest absolute Gasteiger partial charge is 0.258 e. The molecule has 0 radical (unpaired) electrons.